The van der Waals surface area contributed by atoms with E-state index in [1.165, 1.54) is 7.11 Å². The molecule has 5 nitrogen and oxygen atoms in total. The number of benzene rings is 1. The number of pyridine rings is 1. The van der Waals surface area contributed by atoms with E-state index < -0.39 is 0 Å². The standard InChI is InChI=1S/C16H10ClN3O2/c1-22-16(21)9-2-3-12-10(6-9)7-14-19-15(17)11-4-5-18-8-13(11)20(12)14/h2-8H,1H3. The van der Waals surface area contributed by atoms with Crippen LogP contribution in [0.4, 0.5) is 0 Å². The number of ether oxygens (including phenoxy) is 1. The van der Waals surface area contributed by atoms with Gasteiger partial charge in [-0.2, -0.15) is 0 Å². The second kappa shape index (κ2) is 4.68. The first-order chi connectivity index (χ1) is 10.7. The lowest BCUT2D eigenvalue weighted by Gasteiger charge is -2.05. The van der Waals surface area contributed by atoms with Gasteiger partial charge < -0.3 is 4.74 Å². The normalized spacial score (nSPS) is 11.4. The second-order valence-electron chi connectivity index (χ2n) is 4.90. The second-order valence-corrected chi connectivity index (χ2v) is 5.26. The van der Waals surface area contributed by atoms with Gasteiger partial charge in [-0.25, -0.2) is 9.78 Å². The van der Waals surface area contributed by atoms with Gasteiger partial charge in [0, 0.05) is 17.0 Å². The highest BCUT2D eigenvalue weighted by Crippen LogP contribution is 2.28. The molecule has 0 aliphatic heterocycles. The summed E-state index contributed by atoms with van der Waals surface area (Å²) in [7, 11) is 1.36. The summed E-state index contributed by atoms with van der Waals surface area (Å²) >= 11 is 6.24. The van der Waals surface area contributed by atoms with Crippen LogP contribution in [0.3, 0.4) is 0 Å². The number of halogens is 1. The summed E-state index contributed by atoms with van der Waals surface area (Å²) in [6, 6.07) is 9.11. The van der Waals surface area contributed by atoms with E-state index in [9.17, 15) is 4.79 Å². The third-order valence-electron chi connectivity index (χ3n) is 3.68. The van der Waals surface area contributed by atoms with Crippen molar-refractivity contribution in [1.82, 2.24) is 14.4 Å². The van der Waals surface area contributed by atoms with E-state index in [0.29, 0.717) is 16.4 Å². The third-order valence-corrected chi connectivity index (χ3v) is 3.97. The Balaban J connectivity index is 2.14. The topological polar surface area (TPSA) is 56.5 Å². The van der Waals surface area contributed by atoms with E-state index in [4.69, 9.17) is 16.3 Å². The fourth-order valence-corrected chi connectivity index (χ4v) is 2.93. The summed E-state index contributed by atoms with van der Waals surface area (Å²) in [5.74, 6) is -0.366. The number of esters is 1. The minimum atomic E-state index is -0.366. The molecule has 0 amide bonds. The van der Waals surface area contributed by atoms with Crippen molar-refractivity contribution in [3.63, 3.8) is 0 Å². The van der Waals surface area contributed by atoms with E-state index in [1.54, 1.807) is 24.5 Å². The Bertz CT molecular complexity index is 1060. The molecule has 0 saturated heterocycles. The van der Waals surface area contributed by atoms with Gasteiger partial charge >= 0.3 is 5.97 Å². The molecule has 0 radical (unpaired) electrons. The van der Waals surface area contributed by atoms with Crippen LogP contribution in [0, 0.1) is 0 Å². The zero-order valence-electron chi connectivity index (χ0n) is 11.6. The predicted molar refractivity (Wildman–Crippen MR) is 84.3 cm³/mol. The molecule has 6 heteroatoms. The van der Waals surface area contributed by atoms with Gasteiger partial charge in [0.1, 0.15) is 10.8 Å². The van der Waals surface area contributed by atoms with Gasteiger partial charge in [0.25, 0.3) is 0 Å². The van der Waals surface area contributed by atoms with Crippen LogP contribution in [-0.4, -0.2) is 27.4 Å². The van der Waals surface area contributed by atoms with Crippen LogP contribution in [0.1, 0.15) is 10.4 Å². The van der Waals surface area contributed by atoms with Gasteiger partial charge in [0.15, 0.2) is 0 Å². The molecule has 4 aromatic rings. The van der Waals surface area contributed by atoms with Crippen molar-refractivity contribution in [2.24, 2.45) is 0 Å². The molecule has 0 bridgehead atoms. The number of carbonyl (C=O) groups is 1. The first-order valence-electron chi connectivity index (χ1n) is 6.62. The van der Waals surface area contributed by atoms with E-state index in [2.05, 4.69) is 9.97 Å². The van der Waals surface area contributed by atoms with Crippen molar-refractivity contribution in [2.75, 3.05) is 7.11 Å². The summed E-state index contributed by atoms with van der Waals surface area (Å²) in [6.45, 7) is 0. The van der Waals surface area contributed by atoms with Gasteiger partial charge in [-0.3, -0.25) is 9.38 Å². The maximum atomic E-state index is 11.7. The van der Waals surface area contributed by atoms with Crippen molar-refractivity contribution in [1.29, 1.82) is 0 Å². The summed E-state index contributed by atoms with van der Waals surface area (Å²) in [4.78, 5) is 20.3. The Morgan fingerprint density at radius 3 is 2.91 bits per heavy atom. The molecule has 3 aromatic heterocycles. The molecule has 0 N–H and O–H groups in total. The maximum Gasteiger partial charge on any atom is 0.337 e. The lowest BCUT2D eigenvalue weighted by Crippen LogP contribution is -2.00. The van der Waals surface area contributed by atoms with E-state index in [-0.39, 0.29) is 5.97 Å². The summed E-state index contributed by atoms with van der Waals surface area (Å²) in [5.41, 5.74) is 3.02. The number of aromatic nitrogens is 3. The fraction of sp³-hybridized carbons (Fsp3) is 0.0625. The van der Waals surface area contributed by atoms with Crippen LogP contribution in [0.15, 0.2) is 42.7 Å². The molecule has 22 heavy (non-hydrogen) atoms. The van der Waals surface area contributed by atoms with Crippen LogP contribution < -0.4 is 0 Å². The largest absolute Gasteiger partial charge is 0.465 e. The Kier molecular flexibility index (Phi) is 2.77. The zero-order valence-corrected chi connectivity index (χ0v) is 12.3. The maximum absolute atomic E-state index is 11.7. The first kappa shape index (κ1) is 13.0. The lowest BCUT2D eigenvalue weighted by molar-refractivity contribution is 0.0601. The Morgan fingerprint density at radius 2 is 2.09 bits per heavy atom. The van der Waals surface area contributed by atoms with Gasteiger partial charge in [-0.05, 0) is 30.3 Å². The number of rotatable bonds is 1. The minimum Gasteiger partial charge on any atom is -0.465 e. The molecule has 108 valence electrons. The van der Waals surface area contributed by atoms with Crippen molar-refractivity contribution in [3.05, 3.63) is 53.4 Å². The van der Waals surface area contributed by atoms with E-state index in [1.807, 2.05) is 22.6 Å². The zero-order chi connectivity index (χ0) is 15.3. The number of hydrogen-bond donors (Lipinski definition) is 0. The molecule has 1 aromatic carbocycles. The van der Waals surface area contributed by atoms with E-state index >= 15 is 0 Å². The van der Waals surface area contributed by atoms with Crippen LogP contribution >= 0.6 is 11.6 Å². The molecule has 0 fully saturated rings. The van der Waals surface area contributed by atoms with Gasteiger partial charge in [0.2, 0.25) is 0 Å². The first-order valence-corrected chi connectivity index (χ1v) is 6.99. The van der Waals surface area contributed by atoms with Crippen molar-refractivity contribution in [2.45, 2.75) is 0 Å². The number of methoxy groups -OCH3 is 1. The quantitative estimate of drug-likeness (QED) is 0.399. The molecular formula is C16H10ClN3O2. The highest BCUT2D eigenvalue weighted by molar-refractivity contribution is 6.34. The third kappa shape index (κ3) is 1.76. The number of carbonyl (C=O) groups excluding carboxylic acids is 1. The molecular weight excluding hydrogens is 302 g/mol. The van der Waals surface area contributed by atoms with Crippen molar-refractivity contribution < 1.29 is 9.53 Å². The molecule has 0 unspecified atom stereocenters. The van der Waals surface area contributed by atoms with Crippen LogP contribution in [0.5, 0.6) is 0 Å². The number of nitrogens with zero attached hydrogens (tertiary/aromatic N) is 3. The summed E-state index contributed by atoms with van der Waals surface area (Å²) < 4.78 is 6.73. The number of hydrogen-bond acceptors (Lipinski definition) is 4. The highest BCUT2D eigenvalue weighted by atomic mass is 35.5. The molecule has 0 aliphatic rings. The monoisotopic (exact) mass is 311 g/mol. The Hall–Kier alpha value is -2.66. The minimum absolute atomic E-state index is 0.366. The fourth-order valence-electron chi connectivity index (χ4n) is 2.68. The van der Waals surface area contributed by atoms with E-state index in [0.717, 1.165) is 21.8 Å². The van der Waals surface area contributed by atoms with Crippen LogP contribution in [-0.2, 0) is 4.74 Å². The van der Waals surface area contributed by atoms with Gasteiger partial charge in [0.05, 0.1) is 29.9 Å². The molecule has 0 aliphatic carbocycles. The Labute approximate surface area is 130 Å². The smallest absolute Gasteiger partial charge is 0.337 e. The van der Waals surface area contributed by atoms with Gasteiger partial charge in [-0.1, -0.05) is 11.6 Å². The van der Waals surface area contributed by atoms with Crippen molar-refractivity contribution >= 4 is 45.0 Å². The summed E-state index contributed by atoms with van der Waals surface area (Å²) in [6.07, 6.45) is 3.44. The highest BCUT2D eigenvalue weighted by Gasteiger charge is 2.13. The lowest BCUT2D eigenvalue weighted by atomic mass is 10.1. The van der Waals surface area contributed by atoms with Crippen LogP contribution in [0.2, 0.25) is 5.15 Å². The molecule has 0 saturated carbocycles. The van der Waals surface area contributed by atoms with Crippen molar-refractivity contribution in [3.8, 4) is 0 Å². The average molecular weight is 312 g/mol. The summed E-state index contributed by atoms with van der Waals surface area (Å²) in [5, 5.41) is 2.16. The Morgan fingerprint density at radius 1 is 1.23 bits per heavy atom. The molecule has 4 rings (SSSR count). The molecule has 3 heterocycles. The predicted octanol–water partition coefficient (Wildman–Crippen LogP) is 3.48. The molecule has 0 spiro atoms. The molecule has 0 atom stereocenters. The number of fused-ring (bicyclic) bond motifs is 5. The van der Waals surface area contributed by atoms with Gasteiger partial charge in [-0.15, -0.1) is 0 Å². The van der Waals surface area contributed by atoms with Crippen LogP contribution in [0.25, 0.3) is 27.5 Å². The SMILES string of the molecule is COC(=O)c1ccc2c(c1)cc1nc(Cl)c3ccncc3n12. The average Bonchev–Trinajstić information content (AvgIpc) is 2.91.